The van der Waals surface area contributed by atoms with Gasteiger partial charge in [0.2, 0.25) is 5.91 Å². The molecule has 0 spiro atoms. The highest BCUT2D eigenvalue weighted by Crippen LogP contribution is 2.43. The van der Waals surface area contributed by atoms with Crippen molar-refractivity contribution in [1.82, 2.24) is 4.90 Å². The van der Waals surface area contributed by atoms with Crippen molar-refractivity contribution in [3.63, 3.8) is 0 Å². The van der Waals surface area contributed by atoms with Gasteiger partial charge in [-0.1, -0.05) is 36.0 Å². The molecule has 0 N–H and O–H groups in total. The van der Waals surface area contributed by atoms with E-state index in [1.165, 1.54) is 17.8 Å². The van der Waals surface area contributed by atoms with E-state index < -0.39 is 0 Å². The zero-order chi connectivity index (χ0) is 19.7. The lowest BCUT2D eigenvalue weighted by molar-refractivity contribution is -0.129. The Balaban J connectivity index is 1.66. The number of carbonyl (C=O) groups is 1. The van der Waals surface area contributed by atoms with Gasteiger partial charge in [0.15, 0.2) is 0 Å². The van der Waals surface area contributed by atoms with Gasteiger partial charge in [0, 0.05) is 12.3 Å². The summed E-state index contributed by atoms with van der Waals surface area (Å²) in [6.45, 7) is 0.239. The molecule has 1 amide bonds. The number of nitrogens with zero attached hydrogens (tertiary/aromatic N) is 3. The molecule has 1 fully saturated rings. The Morgan fingerprint density at radius 2 is 1.96 bits per heavy atom. The van der Waals surface area contributed by atoms with Crippen molar-refractivity contribution < 1.29 is 13.9 Å². The van der Waals surface area contributed by atoms with E-state index in [1.54, 1.807) is 30.2 Å². The predicted octanol–water partition coefficient (Wildman–Crippen LogP) is 4.05. The highest BCUT2D eigenvalue weighted by atomic mass is 32.2. The maximum atomic E-state index is 14.2. The smallest absolute Gasteiger partial charge is 0.229 e. The van der Waals surface area contributed by atoms with Crippen LogP contribution in [0.3, 0.4) is 0 Å². The van der Waals surface area contributed by atoms with Gasteiger partial charge in [-0.3, -0.25) is 9.69 Å². The number of fused-ring (bicyclic) bond motifs is 1. The fraction of sp³-hybridized carbons (Fsp3) is 0.238. The summed E-state index contributed by atoms with van der Waals surface area (Å²) in [5.41, 5.74) is 1.95. The number of benzene rings is 2. The predicted molar refractivity (Wildman–Crippen MR) is 106 cm³/mol. The van der Waals surface area contributed by atoms with Gasteiger partial charge in [-0.15, -0.1) is 0 Å². The van der Waals surface area contributed by atoms with Crippen LogP contribution in [-0.2, 0) is 4.79 Å². The number of hydrogen-bond donors (Lipinski definition) is 0. The number of anilines is 1. The zero-order valence-electron chi connectivity index (χ0n) is 15.3. The average Bonchev–Trinajstić information content (AvgIpc) is 2.74. The van der Waals surface area contributed by atoms with Crippen LogP contribution in [0, 0.1) is 17.1 Å². The first-order valence-corrected chi connectivity index (χ1v) is 9.81. The van der Waals surface area contributed by atoms with Crippen molar-refractivity contribution in [2.75, 3.05) is 24.6 Å². The summed E-state index contributed by atoms with van der Waals surface area (Å²) in [5, 5.41) is 10.5. The van der Waals surface area contributed by atoms with Crippen LogP contribution in [0.25, 0.3) is 0 Å². The van der Waals surface area contributed by atoms with E-state index in [2.05, 4.69) is 6.07 Å². The molecule has 0 aromatic heterocycles. The number of nitriles is 1. The number of rotatable bonds is 3. The topological polar surface area (TPSA) is 56.6 Å². The van der Waals surface area contributed by atoms with E-state index in [-0.39, 0.29) is 30.7 Å². The standard InChI is InChI=1S/C21H18FN3O2S/c1-27-15-8-6-14(7-9-15)16-10-20(26)25-12-24(13-28-21(25)17(16)11-23)19-5-3-2-4-18(19)22/h2-9,16H,10,12-13H2,1H3/t16-/m0/s1. The number of hydrogen-bond acceptors (Lipinski definition) is 5. The lowest BCUT2D eigenvalue weighted by Gasteiger charge is -2.42. The minimum Gasteiger partial charge on any atom is -0.497 e. The van der Waals surface area contributed by atoms with E-state index in [0.717, 1.165) is 11.3 Å². The second kappa shape index (κ2) is 7.56. The summed E-state index contributed by atoms with van der Waals surface area (Å²) in [5.74, 6) is 0.536. The van der Waals surface area contributed by atoms with Crippen molar-refractivity contribution in [1.29, 1.82) is 5.26 Å². The molecule has 2 heterocycles. The number of allylic oxidation sites excluding steroid dienone is 1. The van der Waals surface area contributed by atoms with Gasteiger partial charge in [-0.2, -0.15) is 5.26 Å². The van der Waals surface area contributed by atoms with Crippen molar-refractivity contribution >= 4 is 23.4 Å². The van der Waals surface area contributed by atoms with Crippen LogP contribution in [0.5, 0.6) is 5.75 Å². The van der Waals surface area contributed by atoms with Crippen molar-refractivity contribution in [3.8, 4) is 11.8 Å². The van der Waals surface area contributed by atoms with Gasteiger partial charge >= 0.3 is 0 Å². The molecular formula is C21H18FN3O2S. The number of carbonyl (C=O) groups excluding carboxylic acids is 1. The van der Waals surface area contributed by atoms with Crippen LogP contribution >= 0.6 is 11.8 Å². The van der Waals surface area contributed by atoms with E-state index in [4.69, 9.17) is 4.74 Å². The molecule has 2 aromatic carbocycles. The maximum absolute atomic E-state index is 14.2. The van der Waals surface area contributed by atoms with Gasteiger partial charge < -0.3 is 9.64 Å². The third-order valence-electron chi connectivity index (χ3n) is 5.00. The largest absolute Gasteiger partial charge is 0.497 e. The summed E-state index contributed by atoms with van der Waals surface area (Å²) in [7, 11) is 1.60. The van der Waals surface area contributed by atoms with E-state index in [0.29, 0.717) is 22.2 Å². The molecule has 5 nitrogen and oxygen atoms in total. The maximum Gasteiger partial charge on any atom is 0.229 e. The highest BCUT2D eigenvalue weighted by Gasteiger charge is 2.38. The molecule has 0 unspecified atom stereocenters. The fourth-order valence-electron chi connectivity index (χ4n) is 3.54. The lowest BCUT2D eigenvalue weighted by Crippen LogP contribution is -2.47. The Kier molecular flexibility index (Phi) is 4.97. The molecule has 4 rings (SSSR count). The molecule has 1 saturated heterocycles. The first-order valence-electron chi connectivity index (χ1n) is 8.83. The molecule has 0 radical (unpaired) electrons. The van der Waals surface area contributed by atoms with Crippen molar-refractivity contribution in [2.24, 2.45) is 0 Å². The molecule has 2 aliphatic heterocycles. The molecule has 1 atom stereocenters. The summed E-state index contributed by atoms with van der Waals surface area (Å²) >= 11 is 1.40. The Bertz CT molecular complexity index is 984. The first-order chi connectivity index (χ1) is 13.6. The monoisotopic (exact) mass is 395 g/mol. The van der Waals surface area contributed by atoms with E-state index >= 15 is 0 Å². The number of amides is 1. The third kappa shape index (κ3) is 3.20. The second-order valence-electron chi connectivity index (χ2n) is 6.59. The Morgan fingerprint density at radius 3 is 2.64 bits per heavy atom. The Morgan fingerprint density at radius 1 is 1.21 bits per heavy atom. The summed E-state index contributed by atoms with van der Waals surface area (Å²) < 4.78 is 19.3. The number of halogens is 1. The summed E-state index contributed by atoms with van der Waals surface area (Å²) in [6.07, 6.45) is 0.213. The van der Waals surface area contributed by atoms with E-state index in [1.807, 2.05) is 29.2 Å². The average molecular weight is 395 g/mol. The number of para-hydroxylation sites is 1. The van der Waals surface area contributed by atoms with Gasteiger partial charge in [0.1, 0.15) is 11.6 Å². The van der Waals surface area contributed by atoms with Crippen LogP contribution in [0.15, 0.2) is 59.1 Å². The number of ether oxygens (including phenoxy) is 1. The molecule has 0 saturated carbocycles. The SMILES string of the molecule is COc1ccc([C@@H]2CC(=O)N3CN(c4ccccc4F)CSC3=C2C#N)cc1. The normalized spacial score (nSPS) is 19.3. The summed E-state index contributed by atoms with van der Waals surface area (Å²) in [6, 6.07) is 16.3. The lowest BCUT2D eigenvalue weighted by atomic mass is 9.86. The van der Waals surface area contributed by atoms with Crippen LogP contribution in [-0.4, -0.2) is 30.5 Å². The zero-order valence-corrected chi connectivity index (χ0v) is 16.1. The molecular weight excluding hydrogens is 377 g/mol. The molecule has 2 aromatic rings. The quantitative estimate of drug-likeness (QED) is 0.785. The molecule has 2 aliphatic rings. The highest BCUT2D eigenvalue weighted by molar-refractivity contribution is 8.03. The Labute approximate surface area is 167 Å². The molecule has 7 heteroatoms. The molecule has 28 heavy (non-hydrogen) atoms. The van der Waals surface area contributed by atoms with Crippen LogP contribution in [0.1, 0.15) is 17.9 Å². The first kappa shape index (κ1) is 18.4. The van der Waals surface area contributed by atoms with Crippen LogP contribution < -0.4 is 9.64 Å². The van der Waals surface area contributed by atoms with Crippen molar-refractivity contribution in [2.45, 2.75) is 12.3 Å². The van der Waals surface area contributed by atoms with Crippen molar-refractivity contribution in [3.05, 3.63) is 70.5 Å². The fourth-order valence-corrected chi connectivity index (χ4v) is 4.70. The number of thioether (sulfide) groups is 1. The minimum atomic E-state index is -0.323. The van der Waals surface area contributed by atoms with Gasteiger partial charge in [-0.25, -0.2) is 4.39 Å². The number of methoxy groups -OCH3 is 1. The van der Waals surface area contributed by atoms with Crippen LogP contribution in [0.4, 0.5) is 10.1 Å². The van der Waals surface area contributed by atoms with Gasteiger partial charge in [0.25, 0.3) is 0 Å². The molecule has 0 bridgehead atoms. The summed E-state index contributed by atoms with van der Waals surface area (Å²) in [4.78, 5) is 16.3. The van der Waals surface area contributed by atoms with Gasteiger partial charge in [0.05, 0.1) is 42.0 Å². The molecule has 0 aliphatic carbocycles. The molecule has 142 valence electrons. The van der Waals surface area contributed by atoms with Gasteiger partial charge in [-0.05, 0) is 29.8 Å². The van der Waals surface area contributed by atoms with E-state index in [9.17, 15) is 14.4 Å². The second-order valence-corrected chi connectivity index (χ2v) is 7.52. The third-order valence-corrected chi connectivity index (χ3v) is 6.16. The minimum absolute atomic E-state index is 0.0663. The Hall–Kier alpha value is -2.98. The van der Waals surface area contributed by atoms with Crippen LogP contribution in [0.2, 0.25) is 0 Å².